The first-order valence-corrected chi connectivity index (χ1v) is 12.7. The zero-order valence-corrected chi connectivity index (χ0v) is 20.9. The molecule has 196 valence electrons. The third kappa shape index (κ3) is 6.24. The molecule has 8 nitrogen and oxygen atoms in total. The van der Waals surface area contributed by atoms with E-state index in [0.29, 0.717) is 5.69 Å². The Labute approximate surface area is 217 Å². The van der Waals surface area contributed by atoms with Gasteiger partial charge in [-0.1, -0.05) is 30.3 Å². The molecule has 0 bridgehead atoms. The highest BCUT2D eigenvalue weighted by atomic mass is 32.2. The zero-order chi connectivity index (χ0) is 27.3. The summed E-state index contributed by atoms with van der Waals surface area (Å²) in [6.07, 6.45) is 0. The molecule has 0 saturated heterocycles. The lowest BCUT2D eigenvalue weighted by molar-refractivity contribution is -0.149. The number of anilines is 2. The molecular weight excluding hydrogens is 518 g/mol. The zero-order valence-electron chi connectivity index (χ0n) is 20.1. The van der Waals surface area contributed by atoms with Gasteiger partial charge in [0.05, 0.1) is 10.6 Å². The molecule has 0 atom stereocenters. The van der Waals surface area contributed by atoms with Crippen molar-refractivity contribution in [2.24, 2.45) is 0 Å². The van der Waals surface area contributed by atoms with Crippen LogP contribution in [0.4, 0.5) is 20.2 Å². The number of carbonyl (C=O) groups excluding carboxylic acids is 2. The summed E-state index contributed by atoms with van der Waals surface area (Å²) in [6.45, 7) is -1.17. The van der Waals surface area contributed by atoms with Crippen LogP contribution in [0.1, 0.15) is 0 Å². The molecule has 0 unspecified atom stereocenters. The van der Waals surface area contributed by atoms with E-state index in [-0.39, 0.29) is 16.3 Å². The Morgan fingerprint density at radius 1 is 0.842 bits per heavy atom. The fraction of sp³-hybridized carbons (Fsp3) is 0.111. The molecule has 0 radical (unpaired) electrons. The highest BCUT2D eigenvalue weighted by Gasteiger charge is 2.21. The number of amides is 1. The number of sulfonamides is 1. The van der Waals surface area contributed by atoms with Crippen LogP contribution < -0.4 is 14.4 Å². The maximum atomic E-state index is 13.2. The quantitative estimate of drug-likeness (QED) is 0.314. The van der Waals surface area contributed by atoms with E-state index >= 15 is 0 Å². The minimum absolute atomic E-state index is 0.00823. The van der Waals surface area contributed by atoms with E-state index in [1.54, 1.807) is 18.2 Å². The van der Waals surface area contributed by atoms with Crippen molar-refractivity contribution in [2.75, 3.05) is 29.9 Å². The first-order chi connectivity index (χ1) is 18.1. The number of rotatable bonds is 9. The standard InChI is InChI=1S/C27H22F2N2O6S/c1-31(38(34,35)23-12-6-18-4-2-3-5-19(18)14-23)21-8-10-22(11-9-21)36-17-27(33)37-16-26(32)30-20-7-13-24(28)25(29)15-20/h2-15H,16-17H2,1H3,(H,30,32). The Hall–Kier alpha value is -4.51. The summed E-state index contributed by atoms with van der Waals surface area (Å²) in [6, 6.07) is 21.2. The smallest absolute Gasteiger partial charge is 0.344 e. The number of esters is 1. The molecule has 4 aromatic rings. The maximum absolute atomic E-state index is 13.2. The predicted molar refractivity (Wildman–Crippen MR) is 137 cm³/mol. The van der Waals surface area contributed by atoms with Crippen molar-refractivity contribution >= 4 is 44.0 Å². The average molecular weight is 541 g/mol. The number of halogens is 2. The van der Waals surface area contributed by atoms with Gasteiger partial charge in [0.25, 0.3) is 15.9 Å². The molecule has 0 aliphatic carbocycles. The molecule has 4 aromatic carbocycles. The van der Waals surface area contributed by atoms with Gasteiger partial charge in [-0.15, -0.1) is 0 Å². The van der Waals surface area contributed by atoms with E-state index < -0.39 is 46.7 Å². The predicted octanol–water partition coefficient (Wildman–Crippen LogP) is 4.50. The first-order valence-electron chi connectivity index (χ1n) is 11.2. The Balaban J connectivity index is 1.29. The second-order valence-corrected chi connectivity index (χ2v) is 10.1. The van der Waals surface area contributed by atoms with Crippen molar-refractivity contribution in [3.63, 3.8) is 0 Å². The molecular formula is C27H22F2N2O6S. The first kappa shape index (κ1) is 26.6. The Morgan fingerprint density at radius 3 is 2.26 bits per heavy atom. The van der Waals surface area contributed by atoms with Crippen molar-refractivity contribution in [3.05, 3.63) is 96.6 Å². The third-order valence-electron chi connectivity index (χ3n) is 5.50. The van der Waals surface area contributed by atoms with Gasteiger partial charge in [-0.2, -0.15) is 0 Å². The minimum atomic E-state index is -3.82. The summed E-state index contributed by atoms with van der Waals surface area (Å²) < 4.78 is 63.7. The van der Waals surface area contributed by atoms with Crippen LogP contribution in [0.5, 0.6) is 5.75 Å². The van der Waals surface area contributed by atoms with Crippen molar-refractivity contribution in [3.8, 4) is 5.75 Å². The molecule has 0 fully saturated rings. The van der Waals surface area contributed by atoms with E-state index in [1.807, 2.05) is 24.3 Å². The van der Waals surface area contributed by atoms with E-state index in [0.717, 1.165) is 33.3 Å². The molecule has 1 amide bonds. The van der Waals surface area contributed by atoms with Crippen LogP contribution in [0.15, 0.2) is 89.8 Å². The minimum Gasteiger partial charge on any atom is -0.482 e. The highest BCUT2D eigenvalue weighted by molar-refractivity contribution is 7.92. The maximum Gasteiger partial charge on any atom is 0.344 e. The van der Waals surface area contributed by atoms with Crippen LogP contribution in [0.3, 0.4) is 0 Å². The lowest BCUT2D eigenvalue weighted by atomic mass is 10.1. The topological polar surface area (TPSA) is 102 Å². The van der Waals surface area contributed by atoms with Crippen LogP contribution in [0.2, 0.25) is 0 Å². The number of carbonyl (C=O) groups is 2. The largest absolute Gasteiger partial charge is 0.482 e. The number of ether oxygens (including phenoxy) is 2. The van der Waals surface area contributed by atoms with Gasteiger partial charge >= 0.3 is 5.97 Å². The molecule has 0 heterocycles. The third-order valence-corrected chi connectivity index (χ3v) is 7.29. The summed E-state index contributed by atoms with van der Waals surface area (Å²) in [5.41, 5.74) is 0.385. The fourth-order valence-electron chi connectivity index (χ4n) is 3.48. The molecule has 4 rings (SSSR count). The van der Waals surface area contributed by atoms with E-state index in [4.69, 9.17) is 9.47 Å². The van der Waals surface area contributed by atoms with Crippen molar-refractivity contribution in [1.82, 2.24) is 0 Å². The molecule has 0 aromatic heterocycles. The van der Waals surface area contributed by atoms with Gasteiger partial charge in [-0.3, -0.25) is 9.10 Å². The van der Waals surface area contributed by atoms with E-state index in [1.165, 1.54) is 31.3 Å². The van der Waals surface area contributed by atoms with Gasteiger partial charge in [-0.25, -0.2) is 22.0 Å². The summed E-state index contributed by atoms with van der Waals surface area (Å²) >= 11 is 0. The van der Waals surface area contributed by atoms with Gasteiger partial charge in [0.1, 0.15) is 5.75 Å². The number of benzene rings is 4. The molecule has 38 heavy (non-hydrogen) atoms. The van der Waals surface area contributed by atoms with Crippen LogP contribution >= 0.6 is 0 Å². The van der Waals surface area contributed by atoms with E-state index in [2.05, 4.69) is 5.32 Å². The van der Waals surface area contributed by atoms with Crippen LogP contribution in [0, 0.1) is 11.6 Å². The molecule has 0 spiro atoms. The fourth-order valence-corrected chi connectivity index (χ4v) is 4.71. The monoisotopic (exact) mass is 540 g/mol. The van der Waals surface area contributed by atoms with Gasteiger partial charge in [0, 0.05) is 18.8 Å². The molecule has 0 saturated carbocycles. The number of fused-ring (bicyclic) bond motifs is 1. The van der Waals surface area contributed by atoms with Crippen molar-refractivity contribution < 1.29 is 36.3 Å². The lowest BCUT2D eigenvalue weighted by Gasteiger charge is -2.20. The van der Waals surface area contributed by atoms with Crippen LogP contribution in [-0.4, -0.2) is 40.6 Å². The second kappa shape index (κ2) is 11.3. The SMILES string of the molecule is CN(c1ccc(OCC(=O)OCC(=O)Nc2ccc(F)c(F)c2)cc1)S(=O)(=O)c1ccc2ccccc2c1. The van der Waals surface area contributed by atoms with Crippen LogP contribution in [-0.2, 0) is 24.3 Å². The number of nitrogens with zero attached hydrogens (tertiary/aromatic N) is 1. The number of hydrogen-bond donors (Lipinski definition) is 1. The Kier molecular flexibility index (Phi) is 7.87. The number of nitrogens with one attached hydrogen (secondary N) is 1. The average Bonchev–Trinajstić information content (AvgIpc) is 2.92. The van der Waals surface area contributed by atoms with Gasteiger partial charge in [0.2, 0.25) is 0 Å². The van der Waals surface area contributed by atoms with E-state index in [9.17, 15) is 26.8 Å². The van der Waals surface area contributed by atoms with Crippen LogP contribution in [0.25, 0.3) is 10.8 Å². The van der Waals surface area contributed by atoms with Gasteiger partial charge in [0.15, 0.2) is 24.8 Å². The summed E-state index contributed by atoms with van der Waals surface area (Å²) in [7, 11) is -2.39. The molecule has 11 heteroatoms. The normalized spacial score (nSPS) is 11.1. The lowest BCUT2D eigenvalue weighted by Crippen LogP contribution is -2.26. The Morgan fingerprint density at radius 2 is 1.55 bits per heavy atom. The molecule has 1 N–H and O–H groups in total. The highest BCUT2D eigenvalue weighted by Crippen LogP contribution is 2.26. The molecule has 0 aliphatic rings. The Bertz CT molecular complexity index is 1590. The van der Waals surface area contributed by atoms with Gasteiger partial charge < -0.3 is 14.8 Å². The van der Waals surface area contributed by atoms with Crippen molar-refractivity contribution in [2.45, 2.75) is 4.90 Å². The van der Waals surface area contributed by atoms with Crippen molar-refractivity contribution in [1.29, 1.82) is 0 Å². The second-order valence-electron chi connectivity index (χ2n) is 8.10. The number of hydrogen-bond acceptors (Lipinski definition) is 6. The summed E-state index contributed by atoms with van der Waals surface area (Å²) in [5.74, 6) is -3.50. The molecule has 0 aliphatic heterocycles. The summed E-state index contributed by atoms with van der Waals surface area (Å²) in [4.78, 5) is 23.9. The van der Waals surface area contributed by atoms with Gasteiger partial charge in [-0.05, 0) is 59.3 Å². The summed E-state index contributed by atoms with van der Waals surface area (Å²) in [5, 5.41) is 4.00.